The molecule has 0 amide bonds. The fourth-order valence-corrected chi connectivity index (χ4v) is 0.957. The summed E-state index contributed by atoms with van der Waals surface area (Å²) in [6.45, 7) is 1.96. The van der Waals surface area contributed by atoms with Crippen molar-refractivity contribution in [1.29, 1.82) is 0 Å². The Kier molecular flexibility index (Phi) is 4.04. The Bertz CT molecular complexity index is 453. The van der Waals surface area contributed by atoms with Crippen molar-refractivity contribution >= 4 is 11.7 Å². The molecular formula is C11H9NO4. The van der Waals surface area contributed by atoms with Crippen LogP contribution in [-0.4, -0.2) is 17.5 Å². The molecular weight excluding hydrogens is 210 g/mol. The van der Waals surface area contributed by atoms with E-state index in [-0.39, 0.29) is 12.3 Å². The molecule has 82 valence electrons. The Balaban J connectivity index is 2.75. The van der Waals surface area contributed by atoms with E-state index in [1.807, 2.05) is 0 Å². The van der Waals surface area contributed by atoms with Gasteiger partial charge in [-0.25, -0.2) is 4.79 Å². The highest BCUT2D eigenvalue weighted by Crippen LogP contribution is 2.10. The highest BCUT2D eigenvalue weighted by Gasteiger charge is 2.02. The van der Waals surface area contributed by atoms with E-state index in [0.29, 0.717) is 5.56 Å². The summed E-state index contributed by atoms with van der Waals surface area (Å²) in [5.41, 5.74) is 0.514. The number of benzene rings is 1. The van der Waals surface area contributed by atoms with Gasteiger partial charge in [-0.2, -0.15) is 0 Å². The summed E-state index contributed by atoms with van der Waals surface area (Å²) in [5, 5.41) is 10.4. The topological polar surface area (TPSA) is 69.4 Å². The van der Waals surface area contributed by atoms with Gasteiger partial charge in [-0.05, 0) is 19.1 Å². The molecule has 0 aliphatic heterocycles. The van der Waals surface area contributed by atoms with Gasteiger partial charge in [0.2, 0.25) is 0 Å². The largest absolute Gasteiger partial charge is 0.456 e. The van der Waals surface area contributed by atoms with Crippen molar-refractivity contribution in [2.24, 2.45) is 0 Å². The number of hydrogen-bond donors (Lipinski definition) is 0. The lowest BCUT2D eigenvalue weighted by molar-refractivity contribution is -0.384. The van der Waals surface area contributed by atoms with Crippen LogP contribution in [0.3, 0.4) is 0 Å². The standard InChI is InChI=1S/C11H9NO4/c1-2-16-11(13)8-5-9-3-6-10(7-4-9)12(14)15/h3-4,6-7H,2H2,1H3. The van der Waals surface area contributed by atoms with Crippen molar-refractivity contribution in [3.63, 3.8) is 0 Å². The van der Waals surface area contributed by atoms with E-state index < -0.39 is 10.9 Å². The summed E-state index contributed by atoms with van der Waals surface area (Å²) >= 11 is 0. The van der Waals surface area contributed by atoms with Gasteiger partial charge >= 0.3 is 5.97 Å². The SMILES string of the molecule is CCOC(=O)C#Cc1ccc([N+](=O)[O-])cc1. The zero-order valence-corrected chi connectivity index (χ0v) is 8.60. The summed E-state index contributed by atoms with van der Waals surface area (Å²) in [7, 11) is 0. The van der Waals surface area contributed by atoms with Crippen LogP contribution >= 0.6 is 0 Å². The molecule has 0 saturated carbocycles. The lowest BCUT2D eigenvalue weighted by atomic mass is 10.2. The molecule has 1 rings (SSSR count). The first-order valence-corrected chi connectivity index (χ1v) is 4.56. The Morgan fingerprint density at radius 1 is 1.44 bits per heavy atom. The minimum Gasteiger partial charge on any atom is -0.456 e. The van der Waals surface area contributed by atoms with Crippen molar-refractivity contribution < 1.29 is 14.5 Å². The van der Waals surface area contributed by atoms with Crippen molar-refractivity contribution in [1.82, 2.24) is 0 Å². The van der Waals surface area contributed by atoms with Gasteiger partial charge in [-0.1, -0.05) is 5.92 Å². The van der Waals surface area contributed by atoms with Gasteiger partial charge in [-0.15, -0.1) is 0 Å². The Morgan fingerprint density at radius 2 is 2.06 bits per heavy atom. The monoisotopic (exact) mass is 219 g/mol. The van der Waals surface area contributed by atoms with Crippen LogP contribution in [0.5, 0.6) is 0 Å². The maximum absolute atomic E-state index is 10.9. The predicted octanol–water partition coefficient (Wildman–Crippen LogP) is 1.51. The molecule has 0 aliphatic carbocycles. The minimum absolute atomic E-state index is 0.0123. The van der Waals surface area contributed by atoms with Crippen molar-refractivity contribution in [2.45, 2.75) is 6.92 Å². The van der Waals surface area contributed by atoms with E-state index in [0.717, 1.165) is 0 Å². The highest BCUT2D eigenvalue weighted by atomic mass is 16.6. The molecule has 1 aromatic rings. The molecule has 0 atom stereocenters. The van der Waals surface area contributed by atoms with Gasteiger partial charge in [-0.3, -0.25) is 10.1 Å². The van der Waals surface area contributed by atoms with Crippen LogP contribution < -0.4 is 0 Å². The molecule has 0 spiro atoms. The van der Waals surface area contributed by atoms with Gasteiger partial charge < -0.3 is 4.74 Å². The first kappa shape index (κ1) is 11.7. The average molecular weight is 219 g/mol. The Hall–Kier alpha value is -2.35. The summed E-state index contributed by atoms with van der Waals surface area (Å²) in [6.07, 6.45) is 0. The van der Waals surface area contributed by atoms with Gasteiger partial charge in [0.05, 0.1) is 11.5 Å². The number of nitrogens with zero attached hydrogens (tertiary/aromatic N) is 1. The van der Waals surface area contributed by atoms with E-state index in [9.17, 15) is 14.9 Å². The number of nitro groups is 1. The fourth-order valence-electron chi connectivity index (χ4n) is 0.957. The zero-order chi connectivity index (χ0) is 12.0. The van der Waals surface area contributed by atoms with Gasteiger partial charge in [0, 0.05) is 23.6 Å². The molecule has 0 heterocycles. The normalized spacial score (nSPS) is 8.81. The van der Waals surface area contributed by atoms with Crippen LogP contribution in [0, 0.1) is 22.0 Å². The smallest absolute Gasteiger partial charge is 0.384 e. The van der Waals surface area contributed by atoms with Crippen LogP contribution in [0.25, 0.3) is 0 Å². The third-order valence-corrected chi connectivity index (χ3v) is 1.66. The maximum atomic E-state index is 10.9. The first-order valence-electron chi connectivity index (χ1n) is 4.56. The number of non-ortho nitro benzene ring substituents is 1. The van der Waals surface area contributed by atoms with Crippen LogP contribution in [0.15, 0.2) is 24.3 Å². The Labute approximate surface area is 92.2 Å². The molecule has 5 nitrogen and oxygen atoms in total. The maximum Gasteiger partial charge on any atom is 0.384 e. The third-order valence-electron chi connectivity index (χ3n) is 1.66. The summed E-state index contributed by atoms with van der Waals surface area (Å²) in [5.74, 6) is 4.21. The van der Waals surface area contributed by atoms with Gasteiger partial charge in [0.1, 0.15) is 0 Å². The molecule has 0 aliphatic rings. The molecule has 0 radical (unpaired) electrons. The van der Waals surface area contributed by atoms with E-state index in [4.69, 9.17) is 0 Å². The van der Waals surface area contributed by atoms with Crippen LogP contribution in [0.1, 0.15) is 12.5 Å². The first-order chi connectivity index (χ1) is 7.63. The quantitative estimate of drug-likeness (QED) is 0.327. The molecule has 5 heteroatoms. The number of carbonyl (C=O) groups excluding carboxylic acids is 1. The van der Waals surface area contributed by atoms with Crippen LogP contribution in [-0.2, 0) is 9.53 Å². The molecule has 0 fully saturated rings. The van der Waals surface area contributed by atoms with E-state index in [2.05, 4.69) is 16.6 Å². The van der Waals surface area contributed by atoms with Crippen LogP contribution in [0.2, 0.25) is 0 Å². The van der Waals surface area contributed by atoms with Crippen molar-refractivity contribution in [2.75, 3.05) is 6.61 Å². The lowest BCUT2D eigenvalue weighted by Crippen LogP contribution is -1.99. The number of hydrogen-bond acceptors (Lipinski definition) is 4. The number of carbonyl (C=O) groups is 1. The number of esters is 1. The molecule has 0 bridgehead atoms. The summed E-state index contributed by atoms with van der Waals surface area (Å²) < 4.78 is 4.60. The third kappa shape index (κ3) is 3.42. The number of ether oxygens (including phenoxy) is 1. The molecule has 0 unspecified atom stereocenters. The summed E-state index contributed by atoms with van der Waals surface area (Å²) in [6, 6.07) is 5.61. The number of rotatable bonds is 2. The highest BCUT2D eigenvalue weighted by molar-refractivity contribution is 5.89. The van der Waals surface area contributed by atoms with Crippen molar-refractivity contribution in [3.05, 3.63) is 39.9 Å². The second kappa shape index (κ2) is 5.51. The van der Waals surface area contributed by atoms with Gasteiger partial charge in [0.25, 0.3) is 5.69 Å². The lowest BCUT2D eigenvalue weighted by Gasteiger charge is -1.92. The summed E-state index contributed by atoms with van der Waals surface area (Å²) in [4.78, 5) is 20.7. The van der Waals surface area contributed by atoms with Gasteiger partial charge in [0.15, 0.2) is 0 Å². The van der Waals surface area contributed by atoms with E-state index in [1.54, 1.807) is 6.92 Å². The fraction of sp³-hybridized carbons (Fsp3) is 0.182. The molecule has 0 N–H and O–H groups in total. The molecule has 1 aromatic carbocycles. The molecule has 16 heavy (non-hydrogen) atoms. The average Bonchev–Trinajstić information content (AvgIpc) is 2.27. The van der Waals surface area contributed by atoms with Crippen molar-refractivity contribution in [3.8, 4) is 11.8 Å². The Morgan fingerprint density at radius 3 is 2.56 bits per heavy atom. The van der Waals surface area contributed by atoms with E-state index in [1.165, 1.54) is 24.3 Å². The predicted molar refractivity (Wildman–Crippen MR) is 56.6 cm³/mol. The second-order valence-corrected chi connectivity index (χ2v) is 2.77. The molecule has 0 saturated heterocycles. The van der Waals surface area contributed by atoms with E-state index >= 15 is 0 Å². The zero-order valence-electron chi connectivity index (χ0n) is 8.60. The molecule has 0 aromatic heterocycles. The second-order valence-electron chi connectivity index (χ2n) is 2.77. The minimum atomic E-state index is -0.610. The van der Waals surface area contributed by atoms with Crippen LogP contribution in [0.4, 0.5) is 5.69 Å². The number of nitro benzene ring substituents is 1.